The van der Waals surface area contributed by atoms with Gasteiger partial charge in [0, 0.05) is 17.9 Å². The number of halogens is 1. The van der Waals surface area contributed by atoms with Crippen LogP contribution in [0.2, 0.25) is 5.02 Å². The molecule has 2 atom stereocenters. The molecule has 0 radical (unpaired) electrons. The summed E-state index contributed by atoms with van der Waals surface area (Å²) in [5, 5.41) is 40.9. The van der Waals surface area contributed by atoms with Crippen molar-refractivity contribution in [3.8, 4) is 5.75 Å². The van der Waals surface area contributed by atoms with E-state index in [-0.39, 0.29) is 23.4 Å². The molecule has 1 unspecified atom stereocenters. The first kappa shape index (κ1) is 22.2. The van der Waals surface area contributed by atoms with E-state index in [0.29, 0.717) is 5.56 Å². The van der Waals surface area contributed by atoms with Gasteiger partial charge in [0.1, 0.15) is 17.4 Å². The van der Waals surface area contributed by atoms with E-state index in [1.807, 2.05) is 0 Å². The van der Waals surface area contributed by atoms with Crippen molar-refractivity contribution in [3.63, 3.8) is 0 Å². The molecule has 0 spiro atoms. The van der Waals surface area contributed by atoms with Gasteiger partial charge < -0.3 is 25.7 Å². The second-order valence-corrected chi connectivity index (χ2v) is 6.93. The molecule has 5 N–H and O–H groups in total. The average molecular weight is 422 g/mol. The lowest BCUT2D eigenvalue weighted by atomic mass is 9.97. The topological polar surface area (TPSA) is 144 Å². The number of aliphatic hydroxyl groups excluding tert-OH is 1. The number of aliphatic hydroxyl groups is 1. The highest BCUT2D eigenvalue weighted by atomic mass is 35.5. The number of hydrogen-bond acceptors (Lipinski definition) is 5. The fraction of sp³-hybridized carbons (Fsp3) is 0.250. The zero-order valence-corrected chi connectivity index (χ0v) is 16.2. The van der Waals surface area contributed by atoms with Crippen molar-refractivity contribution in [3.05, 3.63) is 63.7 Å². The van der Waals surface area contributed by atoms with Crippen LogP contribution in [0, 0.1) is 0 Å². The fourth-order valence-electron chi connectivity index (χ4n) is 2.86. The quantitative estimate of drug-likeness (QED) is 0.439. The number of carbonyl (C=O) groups is 3. The maximum Gasteiger partial charge on any atom is 0.339 e. The number of carbonyl (C=O) groups excluding carboxylic acids is 1. The van der Waals surface area contributed by atoms with Gasteiger partial charge in [0.15, 0.2) is 0 Å². The number of nitrogens with one attached hydrogen (secondary N) is 1. The van der Waals surface area contributed by atoms with Crippen molar-refractivity contribution >= 4 is 29.4 Å². The summed E-state index contributed by atoms with van der Waals surface area (Å²) >= 11 is 6.09. The second-order valence-electron chi connectivity index (χ2n) is 6.52. The normalized spacial score (nSPS) is 12.8. The van der Waals surface area contributed by atoms with E-state index in [1.165, 1.54) is 6.92 Å². The van der Waals surface area contributed by atoms with Gasteiger partial charge in [-0.15, -0.1) is 0 Å². The second kappa shape index (κ2) is 9.40. The van der Waals surface area contributed by atoms with Gasteiger partial charge in [-0.1, -0.05) is 41.9 Å². The molecular weight excluding hydrogens is 402 g/mol. The van der Waals surface area contributed by atoms with Gasteiger partial charge in [-0.25, -0.2) is 9.59 Å². The third kappa shape index (κ3) is 5.46. The van der Waals surface area contributed by atoms with Gasteiger partial charge in [-0.2, -0.15) is 0 Å². The summed E-state index contributed by atoms with van der Waals surface area (Å²) in [4.78, 5) is 35.7. The number of phenols is 1. The summed E-state index contributed by atoms with van der Waals surface area (Å²) in [6, 6.07) is 8.35. The first-order chi connectivity index (χ1) is 13.6. The predicted octanol–water partition coefficient (Wildman–Crippen LogP) is 2.09. The van der Waals surface area contributed by atoms with Crippen LogP contribution < -0.4 is 5.32 Å². The lowest BCUT2D eigenvalue weighted by Gasteiger charge is -2.18. The lowest BCUT2D eigenvalue weighted by Crippen LogP contribution is -2.42. The molecule has 8 nitrogen and oxygen atoms in total. The number of amides is 1. The van der Waals surface area contributed by atoms with Gasteiger partial charge in [-0.3, -0.25) is 4.79 Å². The van der Waals surface area contributed by atoms with E-state index in [0.717, 1.165) is 6.07 Å². The van der Waals surface area contributed by atoms with E-state index in [1.54, 1.807) is 30.3 Å². The number of carboxylic acids is 2. The Morgan fingerprint density at radius 2 is 1.72 bits per heavy atom. The summed E-state index contributed by atoms with van der Waals surface area (Å²) in [6.07, 6.45) is -1.10. The summed E-state index contributed by atoms with van der Waals surface area (Å²) in [5.74, 6) is -4.66. The lowest BCUT2D eigenvalue weighted by molar-refractivity contribution is -0.139. The van der Waals surface area contributed by atoms with E-state index in [2.05, 4.69) is 5.32 Å². The Morgan fingerprint density at radius 3 is 2.24 bits per heavy atom. The van der Waals surface area contributed by atoms with Crippen LogP contribution in [0.1, 0.15) is 38.8 Å². The number of aromatic hydroxyl groups is 1. The Labute approximate surface area is 171 Å². The van der Waals surface area contributed by atoms with E-state index < -0.39 is 46.9 Å². The zero-order chi connectivity index (χ0) is 21.7. The van der Waals surface area contributed by atoms with Crippen molar-refractivity contribution in [2.45, 2.75) is 31.9 Å². The number of benzene rings is 2. The minimum Gasteiger partial charge on any atom is -0.506 e. The summed E-state index contributed by atoms with van der Waals surface area (Å²) in [7, 11) is 0. The predicted molar refractivity (Wildman–Crippen MR) is 104 cm³/mol. The van der Waals surface area contributed by atoms with Crippen LogP contribution in [0.4, 0.5) is 0 Å². The fourth-order valence-corrected chi connectivity index (χ4v) is 3.14. The number of rotatable bonds is 8. The first-order valence-electron chi connectivity index (χ1n) is 8.65. The monoisotopic (exact) mass is 421 g/mol. The molecule has 0 aliphatic rings. The van der Waals surface area contributed by atoms with Crippen molar-refractivity contribution < 1.29 is 34.8 Å². The van der Waals surface area contributed by atoms with Crippen LogP contribution >= 0.6 is 11.6 Å². The molecule has 0 heterocycles. The highest BCUT2D eigenvalue weighted by Crippen LogP contribution is 2.33. The van der Waals surface area contributed by atoms with Crippen LogP contribution in [0.25, 0.3) is 0 Å². The summed E-state index contributed by atoms with van der Waals surface area (Å²) in [5.41, 5.74) is -0.442. The molecule has 0 bridgehead atoms. The van der Waals surface area contributed by atoms with Crippen LogP contribution in [-0.2, 0) is 17.6 Å². The Kier molecular flexibility index (Phi) is 7.19. The minimum atomic E-state index is -1.53. The molecule has 0 aromatic heterocycles. The van der Waals surface area contributed by atoms with Crippen molar-refractivity contribution in [2.75, 3.05) is 0 Å². The SMILES string of the molecule is CC(O)Cc1c(Cl)cc(C(=O)N[C@@H](Cc2ccccc2)C(=O)O)c(O)c1C(=O)O. The molecule has 2 aromatic carbocycles. The molecule has 2 rings (SSSR count). The highest BCUT2D eigenvalue weighted by molar-refractivity contribution is 6.32. The Balaban J connectivity index is 2.38. The molecule has 0 saturated heterocycles. The molecule has 9 heteroatoms. The Bertz CT molecular complexity index is 928. The molecule has 154 valence electrons. The standard InChI is InChI=1S/C20H20ClNO7/c1-10(23)7-12-14(21)9-13(17(24)16(12)20(28)29)18(25)22-15(19(26)27)8-11-5-3-2-4-6-11/h2-6,9-10,15,23-24H,7-8H2,1H3,(H,22,25)(H,26,27)(H,28,29)/t10?,15-/m0/s1. The molecule has 29 heavy (non-hydrogen) atoms. The Hall–Kier alpha value is -3.10. The highest BCUT2D eigenvalue weighted by Gasteiger charge is 2.28. The zero-order valence-electron chi connectivity index (χ0n) is 15.4. The van der Waals surface area contributed by atoms with Gasteiger partial charge >= 0.3 is 11.9 Å². The van der Waals surface area contributed by atoms with Gasteiger partial charge in [0.05, 0.1) is 11.7 Å². The maximum absolute atomic E-state index is 12.6. The van der Waals surface area contributed by atoms with E-state index >= 15 is 0 Å². The van der Waals surface area contributed by atoms with Crippen molar-refractivity contribution in [1.82, 2.24) is 5.32 Å². The van der Waals surface area contributed by atoms with Crippen LogP contribution in [-0.4, -0.2) is 50.4 Å². The molecule has 0 saturated carbocycles. The smallest absolute Gasteiger partial charge is 0.339 e. The van der Waals surface area contributed by atoms with Crippen molar-refractivity contribution in [1.29, 1.82) is 0 Å². The van der Waals surface area contributed by atoms with Crippen molar-refractivity contribution in [2.24, 2.45) is 0 Å². The van der Waals surface area contributed by atoms with Gasteiger partial charge in [-0.05, 0) is 24.1 Å². The first-order valence-corrected chi connectivity index (χ1v) is 9.02. The Morgan fingerprint density at radius 1 is 1.10 bits per heavy atom. The average Bonchev–Trinajstić information content (AvgIpc) is 2.63. The summed E-state index contributed by atoms with van der Waals surface area (Å²) in [6.45, 7) is 1.42. The van der Waals surface area contributed by atoms with Crippen LogP contribution in [0.5, 0.6) is 5.75 Å². The van der Waals surface area contributed by atoms with Gasteiger partial charge in [0.25, 0.3) is 5.91 Å². The molecule has 0 aliphatic carbocycles. The molecule has 1 amide bonds. The number of aliphatic carboxylic acids is 1. The third-order valence-corrected chi connectivity index (χ3v) is 4.53. The van der Waals surface area contributed by atoms with E-state index in [9.17, 15) is 34.8 Å². The largest absolute Gasteiger partial charge is 0.506 e. The van der Waals surface area contributed by atoms with Crippen LogP contribution in [0.3, 0.4) is 0 Å². The van der Waals surface area contributed by atoms with Crippen LogP contribution in [0.15, 0.2) is 36.4 Å². The number of hydrogen-bond donors (Lipinski definition) is 5. The maximum atomic E-state index is 12.6. The number of aromatic carboxylic acids is 1. The minimum absolute atomic E-state index is 0.0116. The molecule has 2 aromatic rings. The third-order valence-electron chi connectivity index (χ3n) is 4.20. The van der Waals surface area contributed by atoms with Gasteiger partial charge in [0.2, 0.25) is 0 Å². The molecule has 0 fully saturated rings. The summed E-state index contributed by atoms with van der Waals surface area (Å²) < 4.78 is 0. The van der Waals surface area contributed by atoms with E-state index in [4.69, 9.17) is 11.6 Å². The molecular formula is C20H20ClNO7. The number of carboxylic acid groups (broad SMARTS) is 2. The molecule has 0 aliphatic heterocycles.